The summed E-state index contributed by atoms with van der Waals surface area (Å²) in [6.45, 7) is 2.13. The van der Waals surface area contributed by atoms with Gasteiger partial charge in [0.15, 0.2) is 11.5 Å². The highest BCUT2D eigenvalue weighted by atomic mass is 16.5. The van der Waals surface area contributed by atoms with Gasteiger partial charge in [-0.25, -0.2) is 4.68 Å². The summed E-state index contributed by atoms with van der Waals surface area (Å²) in [5.74, 6) is 1.62. The number of anilines is 2. The van der Waals surface area contributed by atoms with E-state index in [1.54, 1.807) is 25.1 Å². The maximum atomic E-state index is 13.3. The molecule has 1 amide bonds. The van der Waals surface area contributed by atoms with E-state index in [0.29, 0.717) is 22.9 Å². The van der Waals surface area contributed by atoms with Crippen LogP contribution in [0, 0.1) is 0 Å². The minimum absolute atomic E-state index is 0.242. The largest absolute Gasteiger partial charge is 0.493 e. The van der Waals surface area contributed by atoms with Crippen LogP contribution in [0.15, 0.2) is 85.1 Å². The molecule has 2 N–H and O–H groups in total. The van der Waals surface area contributed by atoms with Crippen LogP contribution in [0.2, 0.25) is 0 Å². The monoisotopic (exact) mass is 480 g/mol. The van der Waals surface area contributed by atoms with Crippen LogP contribution in [0.4, 0.5) is 11.5 Å². The standard InChI is InChI=1S/C29H28N4O3/c1-4-19-13-15-20(16-14-19)24-17-25(22-11-8-12-26(35-2)27(22)36-3)33-28(32-24)23(18-30-33)29(34)31-21-9-6-5-7-10-21/h5-18,25,32H,4H2,1-3H3,(H,31,34). The Morgan fingerprint density at radius 2 is 1.78 bits per heavy atom. The van der Waals surface area contributed by atoms with Crippen molar-refractivity contribution in [3.05, 3.63) is 107 Å². The van der Waals surface area contributed by atoms with E-state index in [0.717, 1.165) is 28.9 Å². The van der Waals surface area contributed by atoms with E-state index in [4.69, 9.17) is 9.47 Å². The second kappa shape index (κ2) is 10.00. The summed E-state index contributed by atoms with van der Waals surface area (Å²) in [5.41, 5.74) is 5.20. The Balaban J connectivity index is 1.61. The van der Waals surface area contributed by atoms with Crippen molar-refractivity contribution >= 4 is 23.1 Å². The SMILES string of the molecule is CCc1ccc(C2=CC(c3cccc(OC)c3OC)n3ncc(C(=O)Nc4ccccc4)c3N2)cc1. The quantitative estimate of drug-likeness (QED) is 0.351. The van der Waals surface area contributed by atoms with Gasteiger partial charge in [-0.2, -0.15) is 5.10 Å². The summed E-state index contributed by atoms with van der Waals surface area (Å²) >= 11 is 0. The first kappa shape index (κ1) is 23.2. The van der Waals surface area contributed by atoms with E-state index >= 15 is 0 Å². The van der Waals surface area contributed by atoms with Gasteiger partial charge in [-0.1, -0.05) is 61.5 Å². The number of aryl methyl sites for hydroxylation is 1. The Hall–Kier alpha value is -4.52. The highest BCUT2D eigenvalue weighted by molar-refractivity contribution is 6.08. The van der Waals surface area contributed by atoms with Gasteiger partial charge in [0, 0.05) is 16.9 Å². The minimum atomic E-state index is -0.328. The maximum absolute atomic E-state index is 13.3. The fourth-order valence-electron chi connectivity index (χ4n) is 4.44. The summed E-state index contributed by atoms with van der Waals surface area (Å²) in [6.07, 6.45) is 4.65. The van der Waals surface area contributed by atoms with Crippen LogP contribution in [0.1, 0.15) is 40.0 Å². The zero-order valence-electron chi connectivity index (χ0n) is 20.5. The van der Waals surface area contributed by atoms with Crippen LogP contribution in [-0.4, -0.2) is 29.9 Å². The number of methoxy groups -OCH3 is 2. The van der Waals surface area contributed by atoms with E-state index in [1.165, 1.54) is 5.56 Å². The van der Waals surface area contributed by atoms with Crippen LogP contribution in [-0.2, 0) is 6.42 Å². The van der Waals surface area contributed by atoms with E-state index in [2.05, 4.69) is 53.0 Å². The van der Waals surface area contributed by atoms with Crippen LogP contribution < -0.4 is 20.1 Å². The summed E-state index contributed by atoms with van der Waals surface area (Å²) in [4.78, 5) is 13.3. The molecule has 1 atom stereocenters. The number of fused-ring (bicyclic) bond motifs is 1. The molecule has 1 aromatic heterocycles. The number of amides is 1. The molecular formula is C29H28N4O3. The molecule has 4 aromatic rings. The van der Waals surface area contributed by atoms with Crippen molar-refractivity contribution in [3.63, 3.8) is 0 Å². The maximum Gasteiger partial charge on any atom is 0.261 e. The molecule has 7 nitrogen and oxygen atoms in total. The number of rotatable bonds is 7. The average Bonchev–Trinajstić information content (AvgIpc) is 3.37. The number of carbonyl (C=O) groups is 1. The number of hydrogen-bond donors (Lipinski definition) is 2. The molecule has 36 heavy (non-hydrogen) atoms. The topological polar surface area (TPSA) is 77.4 Å². The molecule has 2 heterocycles. The first-order valence-electron chi connectivity index (χ1n) is 11.9. The van der Waals surface area contributed by atoms with Crippen LogP contribution in [0.3, 0.4) is 0 Å². The number of nitrogens with one attached hydrogen (secondary N) is 2. The fourth-order valence-corrected chi connectivity index (χ4v) is 4.44. The predicted molar refractivity (Wildman–Crippen MR) is 142 cm³/mol. The molecule has 1 unspecified atom stereocenters. The summed E-state index contributed by atoms with van der Waals surface area (Å²) in [6, 6.07) is 23.2. The third kappa shape index (κ3) is 4.31. The van der Waals surface area contributed by atoms with Crippen molar-refractivity contribution in [1.29, 1.82) is 0 Å². The molecule has 182 valence electrons. The van der Waals surface area contributed by atoms with Crippen molar-refractivity contribution in [2.75, 3.05) is 24.9 Å². The first-order chi connectivity index (χ1) is 17.6. The van der Waals surface area contributed by atoms with Crippen molar-refractivity contribution < 1.29 is 14.3 Å². The molecule has 0 saturated carbocycles. The van der Waals surface area contributed by atoms with Gasteiger partial charge in [-0.05, 0) is 41.8 Å². The van der Waals surface area contributed by atoms with E-state index in [1.807, 2.05) is 48.5 Å². The molecule has 7 heteroatoms. The van der Waals surface area contributed by atoms with E-state index in [9.17, 15) is 4.79 Å². The summed E-state index contributed by atoms with van der Waals surface area (Å²) in [5, 5.41) is 11.0. The summed E-state index contributed by atoms with van der Waals surface area (Å²) < 4.78 is 13.1. The number of hydrogen-bond acceptors (Lipinski definition) is 5. The van der Waals surface area contributed by atoms with Gasteiger partial charge < -0.3 is 20.1 Å². The highest BCUT2D eigenvalue weighted by Gasteiger charge is 2.30. The third-order valence-electron chi connectivity index (χ3n) is 6.34. The Morgan fingerprint density at radius 1 is 1.00 bits per heavy atom. The van der Waals surface area contributed by atoms with Crippen LogP contribution in [0.5, 0.6) is 11.5 Å². The number of allylic oxidation sites excluding steroid dienone is 1. The molecule has 0 radical (unpaired) electrons. The van der Waals surface area contributed by atoms with Gasteiger partial charge in [0.25, 0.3) is 5.91 Å². The van der Waals surface area contributed by atoms with Crippen molar-refractivity contribution in [1.82, 2.24) is 9.78 Å². The predicted octanol–water partition coefficient (Wildman–Crippen LogP) is 5.77. The molecule has 0 aliphatic carbocycles. The lowest BCUT2D eigenvalue weighted by Gasteiger charge is -2.27. The van der Waals surface area contributed by atoms with Crippen LogP contribution >= 0.6 is 0 Å². The average molecular weight is 481 g/mol. The zero-order valence-corrected chi connectivity index (χ0v) is 20.5. The fraction of sp³-hybridized carbons (Fsp3) is 0.172. The molecule has 0 fully saturated rings. The van der Waals surface area contributed by atoms with Crippen molar-refractivity contribution in [2.45, 2.75) is 19.4 Å². The third-order valence-corrected chi connectivity index (χ3v) is 6.34. The zero-order chi connectivity index (χ0) is 25.1. The molecular weight excluding hydrogens is 452 g/mol. The highest BCUT2D eigenvalue weighted by Crippen LogP contribution is 2.41. The Bertz CT molecular complexity index is 1410. The van der Waals surface area contributed by atoms with Crippen molar-refractivity contribution in [2.24, 2.45) is 0 Å². The smallest absolute Gasteiger partial charge is 0.261 e. The molecule has 1 aliphatic rings. The van der Waals surface area contributed by atoms with Crippen molar-refractivity contribution in [3.8, 4) is 11.5 Å². The van der Waals surface area contributed by atoms with Gasteiger partial charge >= 0.3 is 0 Å². The number of para-hydroxylation sites is 2. The molecule has 5 rings (SSSR count). The second-order valence-corrected chi connectivity index (χ2v) is 8.45. The van der Waals surface area contributed by atoms with Crippen LogP contribution in [0.25, 0.3) is 5.70 Å². The Kier molecular flexibility index (Phi) is 6.45. The molecule has 3 aromatic carbocycles. The number of nitrogens with zero attached hydrogens (tertiary/aromatic N) is 2. The molecule has 0 bridgehead atoms. The van der Waals surface area contributed by atoms with Gasteiger partial charge in [0.1, 0.15) is 17.4 Å². The van der Waals surface area contributed by atoms with Gasteiger partial charge in [0.05, 0.1) is 20.4 Å². The first-order valence-corrected chi connectivity index (χ1v) is 11.9. The summed E-state index contributed by atoms with van der Waals surface area (Å²) in [7, 11) is 3.24. The normalized spacial score (nSPS) is 14.3. The van der Waals surface area contributed by atoms with Gasteiger partial charge in [0.2, 0.25) is 0 Å². The van der Waals surface area contributed by atoms with E-state index < -0.39 is 0 Å². The number of benzene rings is 3. The van der Waals surface area contributed by atoms with Gasteiger partial charge in [-0.15, -0.1) is 0 Å². The molecule has 1 aliphatic heterocycles. The lowest BCUT2D eigenvalue weighted by Crippen LogP contribution is -2.22. The second-order valence-electron chi connectivity index (χ2n) is 8.45. The van der Waals surface area contributed by atoms with E-state index in [-0.39, 0.29) is 11.9 Å². The van der Waals surface area contributed by atoms with Gasteiger partial charge in [-0.3, -0.25) is 4.79 Å². The Morgan fingerprint density at radius 3 is 2.47 bits per heavy atom. The molecule has 0 saturated heterocycles. The lowest BCUT2D eigenvalue weighted by atomic mass is 9.99. The number of ether oxygens (including phenoxy) is 2. The number of carbonyl (C=O) groups excluding carboxylic acids is 1. The Labute approximate surface area is 210 Å². The number of aromatic nitrogens is 2. The molecule has 0 spiro atoms. The lowest BCUT2D eigenvalue weighted by molar-refractivity contribution is 0.102. The minimum Gasteiger partial charge on any atom is -0.493 e.